The van der Waals surface area contributed by atoms with Crippen LogP contribution in [-0.4, -0.2) is 37.0 Å². The van der Waals surface area contributed by atoms with E-state index in [9.17, 15) is 4.79 Å². The van der Waals surface area contributed by atoms with Crippen molar-refractivity contribution < 1.29 is 4.79 Å². The first-order valence-electron chi connectivity index (χ1n) is 5.18. The average Bonchev–Trinajstić information content (AvgIpc) is 1.76. The zero-order valence-corrected chi connectivity index (χ0v) is 9.64. The highest BCUT2D eigenvalue weighted by Crippen LogP contribution is 2.25. The largest absolute Gasteiger partial charge is 0.342 e. The van der Waals surface area contributed by atoms with Crippen LogP contribution in [0.25, 0.3) is 0 Å². The van der Waals surface area contributed by atoms with Crippen molar-refractivity contribution in [2.24, 2.45) is 17.8 Å². The lowest BCUT2D eigenvalue weighted by atomic mass is 9.87. The van der Waals surface area contributed by atoms with Crippen LogP contribution in [0.5, 0.6) is 0 Å². The molecule has 0 aliphatic carbocycles. The van der Waals surface area contributed by atoms with Crippen molar-refractivity contribution in [3.05, 3.63) is 0 Å². The fraction of sp³-hybridized carbons (Fsp3) is 0.900. The molecule has 3 nitrogen and oxygen atoms in total. The zero-order chi connectivity index (χ0) is 9.42. The SMILES string of the molecule is CC(C)C1CN(C(=O)C2CNC2)C1.Cl. The number of nitrogens with zero attached hydrogens (tertiary/aromatic N) is 1. The molecule has 0 aromatic rings. The molecule has 2 aliphatic heterocycles. The van der Waals surface area contributed by atoms with E-state index in [1.165, 1.54) is 0 Å². The van der Waals surface area contributed by atoms with E-state index in [1.54, 1.807) is 0 Å². The number of rotatable bonds is 2. The van der Waals surface area contributed by atoms with Crippen molar-refractivity contribution in [3.8, 4) is 0 Å². The van der Waals surface area contributed by atoms with Gasteiger partial charge in [0.1, 0.15) is 0 Å². The van der Waals surface area contributed by atoms with Crippen LogP contribution in [-0.2, 0) is 4.79 Å². The molecular formula is C10H19ClN2O. The quantitative estimate of drug-likeness (QED) is 0.742. The second-order valence-corrected chi connectivity index (χ2v) is 4.60. The highest BCUT2D eigenvalue weighted by molar-refractivity contribution is 5.85. The van der Waals surface area contributed by atoms with Gasteiger partial charge in [-0.3, -0.25) is 4.79 Å². The van der Waals surface area contributed by atoms with Crippen LogP contribution in [0.15, 0.2) is 0 Å². The van der Waals surface area contributed by atoms with Gasteiger partial charge in [0, 0.05) is 26.2 Å². The van der Waals surface area contributed by atoms with Crippen LogP contribution < -0.4 is 5.32 Å². The number of carbonyl (C=O) groups is 1. The van der Waals surface area contributed by atoms with Gasteiger partial charge in [-0.25, -0.2) is 0 Å². The van der Waals surface area contributed by atoms with Gasteiger partial charge in [-0.15, -0.1) is 12.4 Å². The summed E-state index contributed by atoms with van der Waals surface area (Å²) in [5.74, 6) is 2.13. The Labute approximate surface area is 91.6 Å². The van der Waals surface area contributed by atoms with E-state index in [1.807, 2.05) is 4.90 Å². The van der Waals surface area contributed by atoms with E-state index in [0.29, 0.717) is 5.91 Å². The average molecular weight is 219 g/mol. The zero-order valence-electron chi connectivity index (χ0n) is 8.82. The van der Waals surface area contributed by atoms with Gasteiger partial charge in [-0.1, -0.05) is 13.8 Å². The number of carbonyl (C=O) groups excluding carboxylic acids is 1. The Morgan fingerprint density at radius 2 is 1.93 bits per heavy atom. The molecular weight excluding hydrogens is 200 g/mol. The third kappa shape index (κ3) is 2.04. The first-order valence-corrected chi connectivity index (χ1v) is 5.18. The molecule has 82 valence electrons. The Balaban J connectivity index is 0.000000980. The minimum absolute atomic E-state index is 0. The van der Waals surface area contributed by atoms with Crippen LogP contribution in [0, 0.1) is 17.8 Å². The first-order chi connectivity index (χ1) is 6.18. The fourth-order valence-electron chi connectivity index (χ4n) is 1.84. The lowest BCUT2D eigenvalue weighted by Gasteiger charge is -2.44. The van der Waals surface area contributed by atoms with Crippen LogP contribution >= 0.6 is 12.4 Å². The summed E-state index contributed by atoms with van der Waals surface area (Å²) in [5, 5.41) is 3.13. The molecule has 2 rings (SSSR count). The highest BCUT2D eigenvalue weighted by atomic mass is 35.5. The molecule has 14 heavy (non-hydrogen) atoms. The Bertz CT molecular complexity index is 210. The van der Waals surface area contributed by atoms with Gasteiger partial charge in [-0.2, -0.15) is 0 Å². The fourth-order valence-corrected chi connectivity index (χ4v) is 1.84. The number of amides is 1. The first kappa shape index (κ1) is 11.8. The molecule has 2 heterocycles. The second kappa shape index (κ2) is 4.49. The molecule has 0 atom stereocenters. The lowest BCUT2D eigenvalue weighted by molar-refractivity contribution is -0.144. The maximum atomic E-state index is 11.7. The lowest BCUT2D eigenvalue weighted by Crippen LogP contribution is -2.59. The summed E-state index contributed by atoms with van der Waals surface area (Å²) < 4.78 is 0. The van der Waals surface area contributed by atoms with E-state index in [0.717, 1.165) is 38.0 Å². The Morgan fingerprint density at radius 1 is 1.36 bits per heavy atom. The van der Waals surface area contributed by atoms with Gasteiger partial charge < -0.3 is 10.2 Å². The molecule has 0 unspecified atom stereocenters. The molecule has 0 aromatic carbocycles. The molecule has 0 aromatic heterocycles. The second-order valence-electron chi connectivity index (χ2n) is 4.60. The van der Waals surface area contributed by atoms with E-state index in [-0.39, 0.29) is 18.3 Å². The predicted octanol–water partition coefficient (Wildman–Crippen LogP) is 0.742. The normalized spacial score (nSPS) is 22.6. The van der Waals surface area contributed by atoms with Gasteiger partial charge in [-0.05, 0) is 11.8 Å². The molecule has 1 amide bonds. The maximum absolute atomic E-state index is 11.7. The van der Waals surface area contributed by atoms with Crippen molar-refractivity contribution in [3.63, 3.8) is 0 Å². The predicted molar refractivity (Wildman–Crippen MR) is 58.5 cm³/mol. The summed E-state index contributed by atoms with van der Waals surface area (Å²) in [7, 11) is 0. The molecule has 2 fully saturated rings. The highest BCUT2D eigenvalue weighted by Gasteiger charge is 2.37. The standard InChI is InChI=1S/C10H18N2O.ClH/c1-7(2)9-5-12(6-9)10(13)8-3-11-4-8;/h7-9,11H,3-6H2,1-2H3;1H. The Morgan fingerprint density at radius 3 is 2.29 bits per heavy atom. The molecule has 1 N–H and O–H groups in total. The summed E-state index contributed by atoms with van der Waals surface area (Å²) in [6, 6.07) is 0. The summed E-state index contributed by atoms with van der Waals surface area (Å²) >= 11 is 0. The van der Waals surface area contributed by atoms with E-state index in [2.05, 4.69) is 19.2 Å². The van der Waals surface area contributed by atoms with Gasteiger partial charge in [0.15, 0.2) is 0 Å². The number of hydrogen-bond acceptors (Lipinski definition) is 2. The van der Waals surface area contributed by atoms with Crippen LogP contribution in [0.3, 0.4) is 0 Å². The van der Waals surface area contributed by atoms with Crippen LogP contribution in [0.1, 0.15) is 13.8 Å². The van der Waals surface area contributed by atoms with Crippen LogP contribution in [0.4, 0.5) is 0 Å². The topological polar surface area (TPSA) is 32.3 Å². The summed E-state index contributed by atoms with van der Waals surface area (Å²) in [6.07, 6.45) is 0. The summed E-state index contributed by atoms with van der Waals surface area (Å²) in [5.41, 5.74) is 0. The third-order valence-corrected chi connectivity index (χ3v) is 3.29. The van der Waals surface area contributed by atoms with Gasteiger partial charge >= 0.3 is 0 Å². The smallest absolute Gasteiger partial charge is 0.228 e. The minimum atomic E-state index is 0. The number of hydrogen-bond donors (Lipinski definition) is 1. The van der Waals surface area contributed by atoms with Crippen molar-refractivity contribution in [2.75, 3.05) is 26.2 Å². The Kier molecular flexibility index (Phi) is 3.78. The van der Waals surface area contributed by atoms with E-state index < -0.39 is 0 Å². The maximum Gasteiger partial charge on any atom is 0.228 e. The van der Waals surface area contributed by atoms with Gasteiger partial charge in [0.05, 0.1) is 5.92 Å². The number of likely N-dealkylation sites (tertiary alicyclic amines) is 1. The minimum Gasteiger partial charge on any atom is -0.342 e. The number of halogens is 1. The monoisotopic (exact) mass is 218 g/mol. The molecule has 2 aliphatic rings. The summed E-state index contributed by atoms with van der Waals surface area (Å²) in [4.78, 5) is 13.7. The number of nitrogens with one attached hydrogen (secondary N) is 1. The van der Waals surface area contributed by atoms with Crippen molar-refractivity contribution in [2.45, 2.75) is 13.8 Å². The molecule has 2 saturated heterocycles. The molecule has 0 saturated carbocycles. The van der Waals surface area contributed by atoms with E-state index >= 15 is 0 Å². The molecule has 4 heteroatoms. The van der Waals surface area contributed by atoms with Crippen molar-refractivity contribution >= 4 is 18.3 Å². The molecule has 0 bridgehead atoms. The van der Waals surface area contributed by atoms with E-state index in [4.69, 9.17) is 0 Å². The third-order valence-electron chi connectivity index (χ3n) is 3.29. The summed E-state index contributed by atoms with van der Waals surface area (Å²) in [6.45, 7) is 8.23. The van der Waals surface area contributed by atoms with Crippen molar-refractivity contribution in [1.82, 2.24) is 10.2 Å². The molecule has 0 spiro atoms. The Hall–Kier alpha value is -0.280. The van der Waals surface area contributed by atoms with Crippen LogP contribution in [0.2, 0.25) is 0 Å². The molecule has 0 radical (unpaired) electrons. The van der Waals surface area contributed by atoms with Gasteiger partial charge in [0.2, 0.25) is 5.91 Å². The van der Waals surface area contributed by atoms with Gasteiger partial charge in [0.25, 0.3) is 0 Å². The van der Waals surface area contributed by atoms with Crippen molar-refractivity contribution in [1.29, 1.82) is 0 Å².